The minimum atomic E-state index is -0.583. The highest BCUT2D eigenvalue weighted by molar-refractivity contribution is 5.97. The van der Waals surface area contributed by atoms with Crippen LogP contribution in [-0.2, 0) is 7.05 Å². The van der Waals surface area contributed by atoms with E-state index in [9.17, 15) is 14.3 Å². The lowest BCUT2D eigenvalue weighted by atomic mass is 9.53. The molecule has 5 heteroatoms. The van der Waals surface area contributed by atoms with Gasteiger partial charge in [0.2, 0.25) is 0 Å². The van der Waals surface area contributed by atoms with Crippen molar-refractivity contribution in [1.29, 1.82) is 0 Å². The molecule has 1 spiro atoms. The molecule has 0 bridgehead atoms. The zero-order valence-corrected chi connectivity index (χ0v) is 16.3. The number of carbonyl (C=O) groups is 1. The summed E-state index contributed by atoms with van der Waals surface area (Å²) < 4.78 is 15.2. The predicted molar refractivity (Wildman–Crippen MR) is 103 cm³/mol. The highest BCUT2D eigenvalue weighted by atomic mass is 19.1. The van der Waals surface area contributed by atoms with Crippen molar-refractivity contribution in [3.8, 4) is 11.3 Å². The van der Waals surface area contributed by atoms with Crippen LogP contribution in [0.2, 0.25) is 0 Å². The van der Waals surface area contributed by atoms with E-state index in [4.69, 9.17) is 0 Å². The lowest BCUT2D eigenvalue weighted by molar-refractivity contribution is -0.174. The number of rotatable bonds is 2. The predicted octanol–water partition coefficient (Wildman–Crippen LogP) is 3.91. The fraction of sp³-hybridized carbons (Fsp3) is 0.500. The fourth-order valence-corrected chi connectivity index (χ4v) is 4.75. The summed E-state index contributed by atoms with van der Waals surface area (Å²) in [6.45, 7) is 5.26. The quantitative estimate of drug-likeness (QED) is 0.871. The molecule has 1 aliphatic carbocycles. The molecule has 1 N–H and O–H groups in total. The third kappa shape index (κ3) is 2.80. The second-order valence-electron chi connectivity index (χ2n) is 8.44. The van der Waals surface area contributed by atoms with Crippen LogP contribution in [0.5, 0.6) is 0 Å². The van der Waals surface area contributed by atoms with Crippen LogP contribution < -0.4 is 0 Å². The maximum atomic E-state index is 13.2. The minimum absolute atomic E-state index is 0.00517. The number of halogens is 1. The summed E-state index contributed by atoms with van der Waals surface area (Å²) in [5.74, 6) is -0.222. The van der Waals surface area contributed by atoms with E-state index in [1.165, 1.54) is 12.1 Å². The first-order valence-corrected chi connectivity index (χ1v) is 9.68. The molecule has 0 radical (unpaired) electrons. The van der Waals surface area contributed by atoms with Gasteiger partial charge in [-0.15, -0.1) is 0 Å². The molecule has 144 valence electrons. The molecule has 2 heterocycles. The Morgan fingerprint density at radius 1 is 1.11 bits per heavy atom. The zero-order chi connectivity index (χ0) is 19.4. The molecule has 1 aromatic heterocycles. The highest BCUT2D eigenvalue weighted by Gasteiger charge is 2.55. The van der Waals surface area contributed by atoms with E-state index < -0.39 is 5.60 Å². The molecule has 1 saturated carbocycles. The van der Waals surface area contributed by atoms with E-state index in [0.29, 0.717) is 18.7 Å². The lowest BCUT2D eigenvalue weighted by Crippen LogP contribution is -2.60. The summed E-state index contributed by atoms with van der Waals surface area (Å²) in [5, 5.41) is 10.5. The monoisotopic (exact) mass is 370 g/mol. The van der Waals surface area contributed by atoms with Crippen molar-refractivity contribution in [3.63, 3.8) is 0 Å². The molecular formula is C22H27FN2O2. The molecule has 1 unspecified atom stereocenters. The molecule has 1 amide bonds. The lowest BCUT2D eigenvalue weighted by Gasteiger charge is -2.58. The van der Waals surface area contributed by atoms with E-state index in [2.05, 4.69) is 0 Å². The zero-order valence-electron chi connectivity index (χ0n) is 16.3. The molecule has 4 rings (SSSR count). The van der Waals surface area contributed by atoms with Gasteiger partial charge in [0.15, 0.2) is 0 Å². The maximum absolute atomic E-state index is 13.2. The van der Waals surface area contributed by atoms with Gasteiger partial charge in [-0.25, -0.2) is 4.39 Å². The summed E-state index contributed by atoms with van der Waals surface area (Å²) in [6, 6.07) is 8.26. The van der Waals surface area contributed by atoms with Gasteiger partial charge in [-0.05, 0) is 75.4 Å². The molecule has 2 aromatic rings. The van der Waals surface area contributed by atoms with Crippen molar-refractivity contribution < 1.29 is 14.3 Å². The average Bonchev–Trinajstić information content (AvgIpc) is 2.96. The topological polar surface area (TPSA) is 45.5 Å². The Balaban J connectivity index is 1.55. The van der Waals surface area contributed by atoms with E-state index in [0.717, 1.165) is 42.6 Å². The number of hydrogen-bond acceptors (Lipinski definition) is 2. The number of aliphatic hydroxyl groups is 1. The first kappa shape index (κ1) is 18.2. The van der Waals surface area contributed by atoms with Crippen molar-refractivity contribution in [2.75, 3.05) is 13.1 Å². The summed E-state index contributed by atoms with van der Waals surface area (Å²) in [4.78, 5) is 15.1. The normalized spacial score (nSPS) is 24.1. The third-order valence-electron chi connectivity index (χ3n) is 7.15. The van der Waals surface area contributed by atoms with Gasteiger partial charge in [0.25, 0.3) is 5.91 Å². The average molecular weight is 370 g/mol. The molecule has 4 nitrogen and oxygen atoms in total. The first-order chi connectivity index (χ1) is 12.7. The van der Waals surface area contributed by atoms with Crippen LogP contribution in [-0.4, -0.2) is 39.2 Å². The Labute approximate surface area is 159 Å². The molecule has 1 aliphatic heterocycles. The number of aromatic nitrogens is 1. The van der Waals surface area contributed by atoms with Gasteiger partial charge in [-0.2, -0.15) is 0 Å². The molecule has 1 aromatic carbocycles. The Morgan fingerprint density at radius 3 is 2.26 bits per heavy atom. The Morgan fingerprint density at radius 2 is 1.74 bits per heavy atom. The largest absolute Gasteiger partial charge is 0.390 e. The van der Waals surface area contributed by atoms with Gasteiger partial charge in [-0.1, -0.05) is 0 Å². The molecule has 2 fully saturated rings. The van der Waals surface area contributed by atoms with Crippen molar-refractivity contribution in [2.24, 2.45) is 12.5 Å². The van der Waals surface area contributed by atoms with Gasteiger partial charge in [0.05, 0.1) is 11.2 Å². The number of likely N-dealkylation sites (tertiary alicyclic amines) is 1. The molecule has 1 saturated heterocycles. The van der Waals surface area contributed by atoms with Crippen LogP contribution >= 0.6 is 0 Å². The van der Waals surface area contributed by atoms with Gasteiger partial charge < -0.3 is 14.6 Å². The van der Waals surface area contributed by atoms with Crippen LogP contribution in [0.4, 0.5) is 4.39 Å². The Bertz CT molecular complexity index is 874. The van der Waals surface area contributed by atoms with Gasteiger partial charge in [0.1, 0.15) is 5.82 Å². The van der Waals surface area contributed by atoms with Crippen molar-refractivity contribution in [3.05, 3.63) is 47.4 Å². The van der Waals surface area contributed by atoms with Crippen LogP contribution in [0.25, 0.3) is 11.3 Å². The number of benzene rings is 1. The first-order valence-electron chi connectivity index (χ1n) is 9.68. The van der Waals surface area contributed by atoms with Gasteiger partial charge in [-0.3, -0.25) is 4.79 Å². The number of amides is 1. The minimum Gasteiger partial charge on any atom is -0.390 e. The molecule has 2 aliphatic rings. The van der Waals surface area contributed by atoms with Gasteiger partial charge >= 0.3 is 0 Å². The smallest absolute Gasteiger partial charge is 0.255 e. The maximum Gasteiger partial charge on any atom is 0.255 e. The molecule has 1 atom stereocenters. The summed E-state index contributed by atoms with van der Waals surface area (Å²) in [5.41, 5.74) is 2.83. The van der Waals surface area contributed by atoms with E-state index in [-0.39, 0.29) is 17.1 Å². The van der Waals surface area contributed by atoms with E-state index in [1.54, 1.807) is 12.1 Å². The van der Waals surface area contributed by atoms with Crippen molar-refractivity contribution in [2.45, 2.75) is 45.1 Å². The van der Waals surface area contributed by atoms with E-state index in [1.807, 2.05) is 36.4 Å². The molecular weight excluding hydrogens is 343 g/mol. The fourth-order valence-electron chi connectivity index (χ4n) is 4.75. The van der Waals surface area contributed by atoms with Crippen LogP contribution in [0.1, 0.15) is 48.7 Å². The highest BCUT2D eigenvalue weighted by Crippen LogP contribution is 2.56. The number of piperidine rings is 1. The van der Waals surface area contributed by atoms with Crippen LogP contribution in [0, 0.1) is 18.2 Å². The van der Waals surface area contributed by atoms with Crippen LogP contribution in [0.3, 0.4) is 0 Å². The van der Waals surface area contributed by atoms with Crippen molar-refractivity contribution >= 4 is 5.91 Å². The second kappa shape index (κ2) is 6.20. The SMILES string of the molecule is Cc1c(C(=O)N2CCC3(CC2)CCC3(C)O)cc(-c2ccc(F)cc2)n1C. The number of nitrogens with zero attached hydrogens (tertiary/aromatic N) is 2. The third-order valence-corrected chi connectivity index (χ3v) is 7.15. The second-order valence-corrected chi connectivity index (χ2v) is 8.44. The Hall–Kier alpha value is -2.14. The van der Waals surface area contributed by atoms with Crippen LogP contribution in [0.15, 0.2) is 30.3 Å². The van der Waals surface area contributed by atoms with Crippen molar-refractivity contribution in [1.82, 2.24) is 9.47 Å². The summed E-state index contributed by atoms with van der Waals surface area (Å²) in [6.07, 6.45) is 3.64. The van der Waals surface area contributed by atoms with Gasteiger partial charge in [0, 0.05) is 36.9 Å². The molecule has 27 heavy (non-hydrogen) atoms. The van der Waals surface area contributed by atoms with E-state index >= 15 is 0 Å². The standard InChI is InChI=1S/C22H27FN2O2/c1-15-18(14-19(24(15)3)16-4-6-17(23)7-5-16)20(26)25-12-10-22(11-13-25)9-8-21(22,2)27/h4-7,14,27H,8-13H2,1-3H3. The summed E-state index contributed by atoms with van der Waals surface area (Å²) >= 11 is 0. The summed E-state index contributed by atoms with van der Waals surface area (Å²) in [7, 11) is 1.93. The number of carbonyl (C=O) groups excluding carboxylic acids is 1. The Kier molecular flexibility index (Phi) is 4.18. The number of hydrogen-bond donors (Lipinski definition) is 1.